The lowest BCUT2D eigenvalue weighted by atomic mass is 10.0. The molecule has 5 nitrogen and oxygen atoms in total. The van der Waals surface area contributed by atoms with E-state index in [0.717, 1.165) is 6.42 Å². The highest BCUT2D eigenvalue weighted by Crippen LogP contribution is 2.20. The Labute approximate surface area is 141 Å². The van der Waals surface area contributed by atoms with E-state index in [1.165, 1.54) is 0 Å². The second-order valence-corrected chi connectivity index (χ2v) is 6.34. The minimum atomic E-state index is -0.831. The quantitative estimate of drug-likeness (QED) is 0.836. The number of nitrogens with zero attached hydrogens (tertiary/aromatic N) is 1. The summed E-state index contributed by atoms with van der Waals surface area (Å²) in [4.78, 5) is 25.9. The monoisotopic (exact) mass is 338 g/mol. The van der Waals surface area contributed by atoms with Crippen molar-refractivity contribution >= 4 is 23.4 Å². The van der Waals surface area contributed by atoms with Crippen LogP contribution in [0.15, 0.2) is 24.3 Å². The van der Waals surface area contributed by atoms with Gasteiger partial charge in [-0.15, -0.1) is 0 Å². The van der Waals surface area contributed by atoms with Gasteiger partial charge in [-0.1, -0.05) is 30.7 Å². The molecule has 3 atom stereocenters. The molecule has 2 rings (SSSR count). The van der Waals surface area contributed by atoms with Crippen molar-refractivity contribution in [1.82, 2.24) is 10.2 Å². The molecule has 1 saturated heterocycles. The molecular formula is C17H23ClN2O3. The van der Waals surface area contributed by atoms with Gasteiger partial charge in [-0.3, -0.25) is 9.59 Å². The van der Waals surface area contributed by atoms with Gasteiger partial charge >= 0.3 is 0 Å². The minimum absolute atomic E-state index is 0.0258. The number of hydrogen-bond acceptors (Lipinski definition) is 3. The lowest BCUT2D eigenvalue weighted by Gasteiger charge is -2.28. The van der Waals surface area contributed by atoms with Crippen molar-refractivity contribution < 1.29 is 14.7 Å². The number of carbonyl (C=O) groups excluding carboxylic acids is 2. The minimum Gasteiger partial charge on any atom is -0.386 e. The highest BCUT2D eigenvalue weighted by molar-refractivity contribution is 6.30. The van der Waals surface area contributed by atoms with E-state index in [-0.39, 0.29) is 11.8 Å². The standard InChI is InChI=1S/C17H23ClN2O3/c1-3-14(20-10-4-5-15(20)21)17(23)19-11(2)16(22)12-6-8-13(18)9-7-12/h6-9,11,14,16,22H,3-5,10H2,1-2H3,(H,19,23). The van der Waals surface area contributed by atoms with Crippen molar-refractivity contribution in [2.75, 3.05) is 6.54 Å². The Morgan fingerprint density at radius 2 is 2.04 bits per heavy atom. The lowest BCUT2D eigenvalue weighted by Crippen LogP contribution is -2.50. The van der Waals surface area contributed by atoms with Crippen LogP contribution in [0.4, 0.5) is 0 Å². The van der Waals surface area contributed by atoms with E-state index < -0.39 is 18.2 Å². The number of hydrogen-bond donors (Lipinski definition) is 2. The topological polar surface area (TPSA) is 69.6 Å². The average molecular weight is 339 g/mol. The molecule has 0 aromatic heterocycles. The zero-order chi connectivity index (χ0) is 17.0. The van der Waals surface area contributed by atoms with Gasteiger partial charge in [0.1, 0.15) is 6.04 Å². The van der Waals surface area contributed by atoms with Crippen LogP contribution < -0.4 is 5.32 Å². The third-order valence-corrected chi connectivity index (χ3v) is 4.48. The summed E-state index contributed by atoms with van der Waals surface area (Å²) < 4.78 is 0. The van der Waals surface area contributed by atoms with Crippen LogP contribution in [0.3, 0.4) is 0 Å². The van der Waals surface area contributed by atoms with Gasteiger partial charge in [0.05, 0.1) is 12.1 Å². The highest BCUT2D eigenvalue weighted by Gasteiger charge is 2.32. The molecule has 23 heavy (non-hydrogen) atoms. The average Bonchev–Trinajstić information content (AvgIpc) is 2.94. The van der Waals surface area contributed by atoms with Gasteiger partial charge in [0, 0.05) is 18.0 Å². The van der Waals surface area contributed by atoms with Gasteiger partial charge < -0.3 is 15.3 Å². The van der Waals surface area contributed by atoms with Crippen LogP contribution in [-0.4, -0.2) is 40.4 Å². The zero-order valence-electron chi connectivity index (χ0n) is 13.5. The Bertz CT molecular complexity index is 561. The van der Waals surface area contributed by atoms with Crippen LogP contribution in [0.5, 0.6) is 0 Å². The van der Waals surface area contributed by atoms with Gasteiger partial charge in [-0.25, -0.2) is 0 Å². The van der Waals surface area contributed by atoms with E-state index in [4.69, 9.17) is 11.6 Å². The highest BCUT2D eigenvalue weighted by atomic mass is 35.5. The van der Waals surface area contributed by atoms with Crippen molar-refractivity contribution in [1.29, 1.82) is 0 Å². The molecular weight excluding hydrogens is 316 g/mol. The van der Waals surface area contributed by atoms with Crippen molar-refractivity contribution in [2.45, 2.75) is 51.3 Å². The molecule has 3 unspecified atom stereocenters. The molecule has 2 amide bonds. The third-order valence-electron chi connectivity index (χ3n) is 4.23. The molecule has 1 aromatic carbocycles. The van der Waals surface area contributed by atoms with E-state index in [0.29, 0.717) is 30.0 Å². The maximum absolute atomic E-state index is 12.5. The van der Waals surface area contributed by atoms with Crippen LogP contribution in [0.25, 0.3) is 0 Å². The normalized spacial score (nSPS) is 18.6. The van der Waals surface area contributed by atoms with Crippen LogP contribution >= 0.6 is 11.6 Å². The SMILES string of the molecule is CCC(C(=O)NC(C)C(O)c1ccc(Cl)cc1)N1CCCC1=O. The van der Waals surface area contributed by atoms with Gasteiger partial charge in [-0.05, 0) is 37.5 Å². The van der Waals surface area contributed by atoms with Crippen LogP contribution in [-0.2, 0) is 9.59 Å². The second-order valence-electron chi connectivity index (χ2n) is 5.91. The lowest BCUT2D eigenvalue weighted by molar-refractivity contribution is -0.138. The fourth-order valence-corrected chi connectivity index (χ4v) is 3.02. The Balaban J connectivity index is 2.00. The molecule has 1 aliphatic heterocycles. The summed E-state index contributed by atoms with van der Waals surface area (Å²) in [6.45, 7) is 4.25. The van der Waals surface area contributed by atoms with Crippen LogP contribution in [0, 0.1) is 0 Å². The molecule has 1 aromatic rings. The van der Waals surface area contributed by atoms with Gasteiger partial charge in [0.2, 0.25) is 11.8 Å². The second kappa shape index (κ2) is 7.79. The Morgan fingerprint density at radius 3 is 2.57 bits per heavy atom. The van der Waals surface area contributed by atoms with Crippen molar-refractivity contribution in [2.24, 2.45) is 0 Å². The number of benzene rings is 1. The summed E-state index contributed by atoms with van der Waals surface area (Å²) in [6.07, 6.45) is 1.03. The zero-order valence-corrected chi connectivity index (χ0v) is 14.2. The van der Waals surface area contributed by atoms with Crippen molar-refractivity contribution in [3.63, 3.8) is 0 Å². The molecule has 1 fully saturated rings. The first-order valence-electron chi connectivity index (χ1n) is 7.97. The van der Waals surface area contributed by atoms with Crippen LogP contribution in [0.1, 0.15) is 44.8 Å². The number of likely N-dealkylation sites (tertiary alicyclic amines) is 1. The first kappa shape index (κ1) is 17.8. The summed E-state index contributed by atoms with van der Waals surface area (Å²) in [5.74, 6) is -0.193. The largest absolute Gasteiger partial charge is 0.386 e. The third kappa shape index (κ3) is 4.24. The van der Waals surface area contributed by atoms with E-state index in [9.17, 15) is 14.7 Å². The van der Waals surface area contributed by atoms with Crippen molar-refractivity contribution in [3.8, 4) is 0 Å². The van der Waals surface area contributed by atoms with E-state index >= 15 is 0 Å². The first-order chi connectivity index (χ1) is 10.9. The molecule has 6 heteroatoms. The molecule has 126 valence electrons. The first-order valence-corrected chi connectivity index (χ1v) is 8.35. The summed E-state index contributed by atoms with van der Waals surface area (Å²) in [6, 6.07) is 5.94. The Kier molecular flexibility index (Phi) is 6.02. The van der Waals surface area contributed by atoms with Gasteiger partial charge in [0.25, 0.3) is 0 Å². The molecule has 0 saturated carbocycles. The van der Waals surface area contributed by atoms with E-state index in [1.807, 2.05) is 6.92 Å². The summed E-state index contributed by atoms with van der Waals surface area (Å²) in [7, 11) is 0. The molecule has 2 N–H and O–H groups in total. The summed E-state index contributed by atoms with van der Waals surface area (Å²) in [5.41, 5.74) is 0.687. The fraction of sp³-hybridized carbons (Fsp3) is 0.529. The fourth-order valence-electron chi connectivity index (χ4n) is 2.89. The predicted molar refractivity (Wildman–Crippen MR) is 89.0 cm³/mol. The maximum Gasteiger partial charge on any atom is 0.243 e. The number of amides is 2. The number of aliphatic hydroxyl groups excluding tert-OH is 1. The van der Waals surface area contributed by atoms with Crippen LogP contribution in [0.2, 0.25) is 5.02 Å². The van der Waals surface area contributed by atoms with Gasteiger partial charge in [0.15, 0.2) is 0 Å². The van der Waals surface area contributed by atoms with E-state index in [1.54, 1.807) is 36.1 Å². The molecule has 1 heterocycles. The van der Waals surface area contributed by atoms with Gasteiger partial charge in [-0.2, -0.15) is 0 Å². The molecule has 0 aliphatic carbocycles. The predicted octanol–water partition coefficient (Wildman–Crippen LogP) is 2.28. The molecule has 0 spiro atoms. The summed E-state index contributed by atoms with van der Waals surface area (Å²) >= 11 is 5.84. The molecule has 0 bridgehead atoms. The molecule has 0 radical (unpaired) electrons. The number of halogens is 1. The summed E-state index contributed by atoms with van der Waals surface area (Å²) in [5, 5.41) is 13.8. The molecule has 1 aliphatic rings. The number of rotatable bonds is 6. The number of aliphatic hydroxyl groups is 1. The Morgan fingerprint density at radius 1 is 1.39 bits per heavy atom. The number of carbonyl (C=O) groups is 2. The maximum atomic E-state index is 12.5. The van der Waals surface area contributed by atoms with Crippen molar-refractivity contribution in [3.05, 3.63) is 34.9 Å². The smallest absolute Gasteiger partial charge is 0.243 e. The Hall–Kier alpha value is -1.59. The number of nitrogens with one attached hydrogen (secondary N) is 1. The van der Waals surface area contributed by atoms with E-state index in [2.05, 4.69) is 5.32 Å².